The number of carbonyl (C=O) groups is 2. The molecule has 0 aromatic heterocycles. The molecule has 0 fully saturated rings. The van der Waals surface area contributed by atoms with Crippen LogP contribution in [0.1, 0.15) is 28.9 Å². The number of halogens is 1. The van der Waals surface area contributed by atoms with E-state index < -0.39 is 0 Å². The van der Waals surface area contributed by atoms with E-state index in [0.717, 1.165) is 27.1 Å². The highest BCUT2D eigenvalue weighted by molar-refractivity contribution is 9.10. The first kappa shape index (κ1) is 18.1. The smallest absolute Gasteiger partial charge is 0.258 e. The normalized spacial score (nSPS) is 11.8. The highest BCUT2D eigenvalue weighted by Gasteiger charge is 2.12. The second-order valence-electron chi connectivity index (χ2n) is 5.95. The number of hydrogen-bond acceptors (Lipinski definition) is 3. The van der Waals surface area contributed by atoms with Crippen LogP contribution in [0.25, 0.3) is 10.8 Å². The third-order valence-electron chi connectivity index (χ3n) is 4.15. The van der Waals surface area contributed by atoms with Gasteiger partial charge in [0.1, 0.15) is 5.75 Å². The summed E-state index contributed by atoms with van der Waals surface area (Å²) in [5, 5.41) is 4.66. The van der Waals surface area contributed by atoms with Crippen molar-refractivity contribution in [1.29, 1.82) is 0 Å². The summed E-state index contributed by atoms with van der Waals surface area (Å²) in [6.45, 7) is 1.76. The van der Waals surface area contributed by atoms with Crippen LogP contribution >= 0.6 is 15.9 Å². The molecule has 0 heterocycles. The van der Waals surface area contributed by atoms with E-state index in [1.807, 2.05) is 61.5 Å². The number of ether oxygens (including phenoxy) is 1. The topological polar surface area (TPSA) is 55.4 Å². The maximum absolute atomic E-state index is 12.2. The van der Waals surface area contributed by atoms with E-state index in [1.54, 1.807) is 6.07 Å². The Labute approximate surface area is 160 Å². The molecule has 1 atom stereocenters. The summed E-state index contributed by atoms with van der Waals surface area (Å²) in [6, 6.07) is 18.8. The molecule has 0 saturated heterocycles. The van der Waals surface area contributed by atoms with Gasteiger partial charge < -0.3 is 10.1 Å². The van der Waals surface area contributed by atoms with Gasteiger partial charge in [-0.1, -0.05) is 58.4 Å². The standard InChI is InChI=1S/C21H18BrNO3/c1-14(15-6-9-17(22)10-7-15)23-21(25)13-26-20-11-8-16-4-2-3-5-18(16)19(20)12-24/h2-12,14H,13H2,1H3,(H,23,25)/t14-/m1/s1. The predicted molar refractivity (Wildman–Crippen MR) is 106 cm³/mol. The minimum absolute atomic E-state index is 0.138. The van der Waals surface area contributed by atoms with Crippen LogP contribution in [0, 0.1) is 0 Å². The minimum Gasteiger partial charge on any atom is -0.483 e. The molecule has 0 aliphatic rings. The Bertz CT molecular complexity index is 938. The molecule has 132 valence electrons. The Morgan fingerprint density at radius 2 is 1.85 bits per heavy atom. The van der Waals surface area contributed by atoms with Crippen LogP contribution in [0.5, 0.6) is 5.75 Å². The van der Waals surface area contributed by atoms with Crippen molar-refractivity contribution in [2.24, 2.45) is 0 Å². The Kier molecular flexibility index (Phi) is 5.68. The minimum atomic E-state index is -0.245. The van der Waals surface area contributed by atoms with E-state index >= 15 is 0 Å². The molecule has 4 nitrogen and oxygen atoms in total. The number of rotatable bonds is 6. The van der Waals surface area contributed by atoms with Gasteiger partial charge in [-0.25, -0.2) is 0 Å². The SMILES string of the molecule is C[C@@H](NC(=O)COc1ccc2ccccc2c1C=O)c1ccc(Br)cc1. The highest BCUT2D eigenvalue weighted by atomic mass is 79.9. The largest absolute Gasteiger partial charge is 0.483 e. The Morgan fingerprint density at radius 1 is 1.12 bits per heavy atom. The predicted octanol–water partition coefficient (Wildman–Crippen LogP) is 4.67. The Balaban J connectivity index is 1.67. The van der Waals surface area contributed by atoms with Gasteiger partial charge in [-0.2, -0.15) is 0 Å². The number of benzene rings is 3. The summed E-state index contributed by atoms with van der Waals surface area (Å²) in [4.78, 5) is 23.7. The molecule has 3 aromatic rings. The number of fused-ring (bicyclic) bond motifs is 1. The zero-order valence-electron chi connectivity index (χ0n) is 14.2. The van der Waals surface area contributed by atoms with Crippen LogP contribution in [0.15, 0.2) is 65.1 Å². The molecule has 0 aliphatic carbocycles. The number of carbonyl (C=O) groups excluding carboxylic acids is 2. The molecular weight excluding hydrogens is 394 g/mol. The van der Waals surface area contributed by atoms with Crippen molar-refractivity contribution in [3.8, 4) is 5.75 Å². The van der Waals surface area contributed by atoms with Crippen LogP contribution in [0.2, 0.25) is 0 Å². The molecule has 0 radical (unpaired) electrons. The van der Waals surface area contributed by atoms with E-state index in [1.165, 1.54) is 0 Å². The molecule has 1 N–H and O–H groups in total. The fraction of sp³-hybridized carbons (Fsp3) is 0.143. The van der Waals surface area contributed by atoms with E-state index in [0.29, 0.717) is 11.3 Å². The number of hydrogen-bond donors (Lipinski definition) is 1. The molecule has 0 aliphatic heterocycles. The van der Waals surface area contributed by atoms with Gasteiger partial charge in [0.2, 0.25) is 0 Å². The molecule has 5 heteroatoms. The van der Waals surface area contributed by atoms with Crippen LogP contribution < -0.4 is 10.1 Å². The number of nitrogens with one attached hydrogen (secondary N) is 1. The van der Waals surface area contributed by atoms with Crippen molar-refractivity contribution in [2.75, 3.05) is 6.61 Å². The van der Waals surface area contributed by atoms with Gasteiger partial charge in [0.05, 0.1) is 11.6 Å². The fourth-order valence-electron chi connectivity index (χ4n) is 2.78. The summed E-state index contributed by atoms with van der Waals surface area (Å²) >= 11 is 3.39. The quantitative estimate of drug-likeness (QED) is 0.599. The number of aldehydes is 1. The van der Waals surface area contributed by atoms with Crippen molar-refractivity contribution < 1.29 is 14.3 Å². The van der Waals surface area contributed by atoms with Gasteiger partial charge in [0, 0.05) is 4.47 Å². The lowest BCUT2D eigenvalue weighted by Crippen LogP contribution is -2.31. The molecule has 3 rings (SSSR count). The van der Waals surface area contributed by atoms with Crippen LogP contribution in [0.4, 0.5) is 0 Å². The van der Waals surface area contributed by atoms with Crippen molar-refractivity contribution in [3.63, 3.8) is 0 Å². The molecule has 0 bridgehead atoms. The average Bonchev–Trinajstić information content (AvgIpc) is 2.66. The maximum atomic E-state index is 12.2. The zero-order chi connectivity index (χ0) is 18.5. The lowest BCUT2D eigenvalue weighted by molar-refractivity contribution is -0.123. The zero-order valence-corrected chi connectivity index (χ0v) is 15.8. The first-order chi connectivity index (χ1) is 12.6. The average molecular weight is 412 g/mol. The van der Waals surface area contributed by atoms with E-state index in [9.17, 15) is 9.59 Å². The molecule has 1 amide bonds. The monoisotopic (exact) mass is 411 g/mol. The summed E-state index contributed by atoms with van der Waals surface area (Å²) in [7, 11) is 0. The van der Waals surface area contributed by atoms with Gasteiger partial charge in [-0.05, 0) is 41.5 Å². The lowest BCUT2D eigenvalue weighted by atomic mass is 10.0. The molecular formula is C21H18BrNO3. The van der Waals surface area contributed by atoms with Gasteiger partial charge in [-0.3, -0.25) is 9.59 Å². The molecule has 0 unspecified atom stereocenters. The van der Waals surface area contributed by atoms with Crippen molar-refractivity contribution in [1.82, 2.24) is 5.32 Å². The highest BCUT2D eigenvalue weighted by Crippen LogP contribution is 2.26. The lowest BCUT2D eigenvalue weighted by Gasteiger charge is -2.15. The van der Waals surface area contributed by atoms with Crippen LogP contribution in [-0.2, 0) is 4.79 Å². The Morgan fingerprint density at radius 3 is 2.58 bits per heavy atom. The van der Waals surface area contributed by atoms with Crippen LogP contribution in [-0.4, -0.2) is 18.8 Å². The van der Waals surface area contributed by atoms with Gasteiger partial charge in [0.15, 0.2) is 12.9 Å². The maximum Gasteiger partial charge on any atom is 0.258 e. The van der Waals surface area contributed by atoms with Gasteiger partial charge in [0.25, 0.3) is 5.91 Å². The van der Waals surface area contributed by atoms with Gasteiger partial charge in [-0.15, -0.1) is 0 Å². The first-order valence-electron chi connectivity index (χ1n) is 8.23. The van der Waals surface area contributed by atoms with Crippen molar-refractivity contribution >= 4 is 38.9 Å². The van der Waals surface area contributed by atoms with Crippen molar-refractivity contribution in [3.05, 3.63) is 76.3 Å². The van der Waals surface area contributed by atoms with Crippen molar-refractivity contribution in [2.45, 2.75) is 13.0 Å². The molecule has 0 saturated carbocycles. The molecule has 0 spiro atoms. The third-order valence-corrected chi connectivity index (χ3v) is 4.68. The van der Waals surface area contributed by atoms with E-state index in [4.69, 9.17) is 4.74 Å². The Hall–Kier alpha value is -2.66. The van der Waals surface area contributed by atoms with Crippen LogP contribution in [0.3, 0.4) is 0 Å². The van der Waals surface area contributed by atoms with Gasteiger partial charge >= 0.3 is 0 Å². The fourth-order valence-corrected chi connectivity index (χ4v) is 3.05. The summed E-state index contributed by atoms with van der Waals surface area (Å²) in [5.74, 6) is 0.163. The number of amides is 1. The molecule has 3 aromatic carbocycles. The summed E-state index contributed by atoms with van der Waals surface area (Å²) < 4.78 is 6.59. The van der Waals surface area contributed by atoms with E-state index in [2.05, 4.69) is 21.2 Å². The molecule has 26 heavy (non-hydrogen) atoms. The third kappa shape index (κ3) is 4.11. The second-order valence-corrected chi connectivity index (χ2v) is 6.86. The van der Waals surface area contributed by atoms with E-state index in [-0.39, 0.29) is 18.6 Å². The summed E-state index contributed by atoms with van der Waals surface area (Å²) in [5.41, 5.74) is 1.46. The first-order valence-corrected chi connectivity index (χ1v) is 9.02. The second kappa shape index (κ2) is 8.15. The summed E-state index contributed by atoms with van der Waals surface area (Å²) in [6.07, 6.45) is 0.764.